The number of aromatic nitrogens is 1. The van der Waals surface area contributed by atoms with Gasteiger partial charge in [-0.3, -0.25) is 14.6 Å². The van der Waals surface area contributed by atoms with E-state index in [9.17, 15) is 19.5 Å². The summed E-state index contributed by atoms with van der Waals surface area (Å²) in [4.78, 5) is 47.6. The first-order valence-electron chi connectivity index (χ1n) is 21.5. The molecule has 7 rings (SSSR count). The number of aliphatic hydroxyl groups excluding tert-OH is 1. The van der Waals surface area contributed by atoms with E-state index in [1.165, 1.54) is 26.1 Å². The number of benzene rings is 1. The molecular weight excluding hydrogens is 713 g/mol. The second kappa shape index (κ2) is 15.3. The maximum atomic E-state index is 14.8. The number of nitrogens with zero attached hydrogens (tertiary/aromatic N) is 2. The first kappa shape index (κ1) is 41.1. The third kappa shape index (κ3) is 6.72. The lowest BCUT2D eigenvalue weighted by Crippen LogP contribution is -2.67. The summed E-state index contributed by atoms with van der Waals surface area (Å²) < 4.78 is 4.73. The standard InChI is InChI=1S/C48H64N4O5/c1-30(27-49-7)35-16-22-48(43(56)50-25-19-31-10-9-11-32(26-31)41(54)52-29-34-13-12-33(28-51-34)42(55)57-8)24-23-46(5)36(40(35)48)14-15-38-45(4)20-18-39(53)44(2,3)37(45)17-21-47(38,46)6/h9-13,26-28,35-40,53H,14-25,29H2,1-6,8H3,(H,50,56)(H,52,54)/b30-27+/t35-,36?,37?,38?,39-,40?,45-,46+,47+,48-/m0/s1. The van der Waals surface area contributed by atoms with Crippen molar-refractivity contribution in [1.82, 2.24) is 15.6 Å². The molecule has 9 heteroatoms. The van der Waals surface area contributed by atoms with Gasteiger partial charge < -0.3 is 20.5 Å². The van der Waals surface area contributed by atoms with Gasteiger partial charge in [0.15, 0.2) is 6.20 Å². The van der Waals surface area contributed by atoms with Crippen molar-refractivity contribution in [2.75, 3.05) is 13.7 Å². The number of hydrogen-bond donors (Lipinski definition) is 3. The minimum absolute atomic E-state index is 0.0855. The number of amides is 2. The average Bonchev–Trinajstić information content (AvgIpc) is 3.60. The summed E-state index contributed by atoms with van der Waals surface area (Å²) >= 11 is 0. The average molecular weight is 777 g/mol. The summed E-state index contributed by atoms with van der Waals surface area (Å²) in [5.74, 6) is 1.40. The largest absolute Gasteiger partial charge is 0.465 e. The number of pyridine rings is 1. The minimum atomic E-state index is -0.460. The summed E-state index contributed by atoms with van der Waals surface area (Å²) in [6, 6.07) is 10.9. The third-order valence-electron chi connectivity index (χ3n) is 17.3. The van der Waals surface area contributed by atoms with Gasteiger partial charge in [-0.1, -0.05) is 59.2 Å². The Morgan fingerprint density at radius 1 is 0.912 bits per heavy atom. The van der Waals surface area contributed by atoms with Crippen LogP contribution >= 0.6 is 0 Å². The predicted molar refractivity (Wildman–Crippen MR) is 220 cm³/mol. The number of hydrogen-bond acceptors (Lipinski definition) is 6. The Balaban J connectivity index is 1.06. The fourth-order valence-electron chi connectivity index (χ4n) is 14.1. The summed E-state index contributed by atoms with van der Waals surface area (Å²) in [5.41, 5.74) is 3.50. The number of aliphatic hydroxyl groups is 1. The first-order chi connectivity index (χ1) is 27.1. The monoisotopic (exact) mass is 776 g/mol. The molecule has 0 spiro atoms. The van der Waals surface area contributed by atoms with E-state index in [1.54, 1.807) is 24.4 Å². The van der Waals surface area contributed by atoms with E-state index in [0.29, 0.717) is 47.5 Å². The lowest BCUT2D eigenvalue weighted by Gasteiger charge is -2.72. The molecule has 3 N–H and O–H groups in total. The molecule has 5 fully saturated rings. The first-order valence-corrected chi connectivity index (χ1v) is 21.5. The van der Waals surface area contributed by atoms with E-state index in [0.717, 1.165) is 62.5 Å². The molecule has 57 heavy (non-hydrogen) atoms. The molecule has 10 atom stereocenters. The lowest BCUT2D eigenvalue weighted by molar-refractivity contribution is -0.246. The van der Waals surface area contributed by atoms with Crippen LogP contribution in [-0.4, -0.2) is 47.6 Å². The van der Waals surface area contributed by atoms with E-state index >= 15 is 0 Å². The highest BCUT2D eigenvalue weighted by molar-refractivity contribution is 5.94. The SMILES string of the molecule is [C-]#[N+]/C=C(\C)[C@@H]1CC[C@]2(C(=O)NCCc3cccc(C(=O)NCc4ccc(C(=O)OC)cn4)c3)CC[C@]3(C)C(CCC4[C@@]5(C)CC[C@H](O)C(C)(C)C5CC[C@]43C)C12. The van der Waals surface area contributed by atoms with E-state index < -0.39 is 11.4 Å². The molecule has 5 saturated carbocycles. The van der Waals surface area contributed by atoms with Crippen LogP contribution in [0.4, 0.5) is 0 Å². The Hall–Kier alpha value is -4.03. The van der Waals surface area contributed by atoms with Gasteiger partial charge in [0.05, 0.1) is 43.0 Å². The molecule has 0 aliphatic heterocycles. The molecule has 9 nitrogen and oxygen atoms in total. The maximum Gasteiger partial charge on any atom is 0.339 e. The van der Waals surface area contributed by atoms with Gasteiger partial charge >= 0.3 is 5.97 Å². The zero-order valence-electron chi connectivity index (χ0n) is 35.2. The normalized spacial score (nSPS) is 36.6. The topological polar surface area (TPSA) is 122 Å². The van der Waals surface area contributed by atoms with Gasteiger partial charge in [0, 0.05) is 18.3 Å². The van der Waals surface area contributed by atoms with Crippen molar-refractivity contribution in [3.63, 3.8) is 0 Å². The summed E-state index contributed by atoms with van der Waals surface area (Å²) in [6.07, 6.45) is 13.8. The van der Waals surface area contributed by atoms with Crippen LogP contribution in [0.5, 0.6) is 0 Å². The molecule has 2 aromatic rings. The molecule has 5 aliphatic carbocycles. The Kier molecular flexibility index (Phi) is 11.0. The van der Waals surface area contributed by atoms with E-state index in [1.807, 2.05) is 18.2 Å². The van der Waals surface area contributed by atoms with Crippen molar-refractivity contribution >= 4 is 17.8 Å². The number of ether oxygens (including phenoxy) is 1. The van der Waals surface area contributed by atoms with E-state index in [-0.39, 0.29) is 58.0 Å². The van der Waals surface area contributed by atoms with Gasteiger partial charge in [0.1, 0.15) is 0 Å². The highest BCUT2D eigenvalue weighted by Crippen LogP contribution is 2.77. The van der Waals surface area contributed by atoms with Crippen molar-refractivity contribution in [1.29, 1.82) is 0 Å². The van der Waals surface area contributed by atoms with Crippen molar-refractivity contribution < 1.29 is 24.2 Å². The second-order valence-electron chi connectivity index (χ2n) is 19.8. The molecule has 0 radical (unpaired) electrons. The van der Waals surface area contributed by atoms with Crippen LogP contribution in [-0.2, 0) is 22.5 Å². The molecule has 0 saturated heterocycles. The molecule has 0 bridgehead atoms. The summed E-state index contributed by atoms with van der Waals surface area (Å²) in [6.45, 7) is 22.9. The van der Waals surface area contributed by atoms with Crippen molar-refractivity contribution in [2.45, 2.75) is 125 Å². The highest BCUT2D eigenvalue weighted by atomic mass is 16.5. The van der Waals surface area contributed by atoms with Crippen LogP contribution in [0.1, 0.15) is 138 Å². The van der Waals surface area contributed by atoms with E-state index in [2.05, 4.69) is 62.0 Å². The van der Waals surface area contributed by atoms with Crippen molar-refractivity contribution in [3.8, 4) is 0 Å². The number of carbonyl (C=O) groups excluding carboxylic acids is 3. The molecule has 5 aliphatic rings. The van der Waals surface area contributed by atoms with Gasteiger partial charge in [-0.05, 0) is 152 Å². The second-order valence-corrected chi connectivity index (χ2v) is 19.8. The zero-order valence-corrected chi connectivity index (χ0v) is 35.2. The predicted octanol–water partition coefficient (Wildman–Crippen LogP) is 8.72. The van der Waals surface area contributed by atoms with E-state index in [4.69, 9.17) is 11.3 Å². The van der Waals surface area contributed by atoms with Gasteiger partial charge in [-0.2, -0.15) is 0 Å². The number of carbonyl (C=O) groups is 3. The Bertz CT molecular complexity index is 1950. The van der Waals surface area contributed by atoms with Crippen LogP contribution in [0.15, 0.2) is 54.4 Å². The molecule has 1 aromatic carbocycles. The molecular formula is C48H64N4O5. The molecule has 4 unspecified atom stereocenters. The highest BCUT2D eigenvalue weighted by Gasteiger charge is 2.71. The Morgan fingerprint density at radius 3 is 2.42 bits per heavy atom. The Labute approximate surface area is 340 Å². The van der Waals surface area contributed by atoms with Crippen molar-refractivity contribution in [2.24, 2.45) is 56.7 Å². The van der Waals surface area contributed by atoms with Crippen LogP contribution < -0.4 is 10.6 Å². The number of fused-ring (bicyclic) bond motifs is 7. The minimum Gasteiger partial charge on any atom is -0.465 e. The smallest absolute Gasteiger partial charge is 0.339 e. The fourth-order valence-corrected chi connectivity index (χ4v) is 14.1. The summed E-state index contributed by atoms with van der Waals surface area (Å²) in [5, 5.41) is 17.5. The van der Waals surface area contributed by atoms with Crippen LogP contribution in [0.2, 0.25) is 0 Å². The number of esters is 1. The van der Waals surface area contributed by atoms with Crippen LogP contribution in [0.3, 0.4) is 0 Å². The molecule has 306 valence electrons. The van der Waals surface area contributed by atoms with Gasteiger partial charge in [-0.25, -0.2) is 9.64 Å². The maximum absolute atomic E-state index is 14.8. The van der Waals surface area contributed by atoms with Gasteiger partial charge in [-0.15, -0.1) is 0 Å². The third-order valence-corrected chi connectivity index (χ3v) is 17.3. The van der Waals surface area contributed by atoms with Gasteiger partial charge in [0.2, 0.25) is 5.91 Å². The summed E-state index contributed by atoms with van der Waals surface area (Å²) in [7, 11) is 1.32. The lowest BCUT2D eigenvalue weighted by atomic mass is 9.32. The number of allylic oxidation sites excluding steroid dienone is 1. The zero-order chi connectivity index (χ0) is 41.0. The Morgan fingerprint density at radius 2 is 1.70 bits per heavy atom. The molecule has 1 aromatic heterocycles. The van der Waals surface area contributed by atoms with Crippen molar-refractivity contribution in [3.05, 3.63) is 88.2 Å². The number of nitrogens with one attached hydrogen (secondary N) is 2. The fraction of sp³-hybridized carbons (Fsp3) is 0.646. The molecule has 2 amide bonds. The quantitative estimate of drug-likeness (QED) is 0.173. The van der Waals surface area contributed by atoms with Gasteiger partial charge in [0.25, 0.3) is 5.91 Å². The number of methoxy groups -OCH3 is 1. The molecule has 1 heterocycles. The van der Waals surface area contributed by atoms with Crippen LogP contribution in [0, 0.1) is 63.2 Å². The van der Waals surface area contributed by atoms with Crippen LogP contribution in [0.25, 0.3) is 4.85 Å². The number of rotatable bonds is 9.